The first-order valence-electron chi connectivity index (χ1n) is 14.6. The number of nitrogens with one attached hydrogen (secondary N) is 2. The van der Waals surface area contributed by atoms with Crippen molar-refractivity contribution in [2.45, 2.75) is 65.8 Å². The molecule has 0 bridgehead atoms. The summed E-state index contributed by atoms with van der Waals surface area (Å²) in [6.07, 6.45) is 9.83. The molecule has 1 aliphatic rings. The third-order valence-corrected chi connectivity index (χ3v) is 7.10. The van der Waals surface area contributed by atoms with Crippen LogP contribution in [0.3, 0.4) is 0 Å². The predicted octanol–water partition coefficient (Wildman–Crippen LogP) is 4.69. The van der Waals surface area contributed by atoms with Crippen molar-refractivity contribution in [3.63, 3.8) is 0 Å². The van der Waals surface area contributed by atoms with Crippen LogP contribution in [0.5, 0.6) is 0 Å². The van der Waals surface area contributed by atoms with Crippen molar-refractivity contribution in [2.75, 3.05) is 34.2 Å². The van der Waals surface area contributed by atoms with Crippen LogP contribution >= 0.6 is 11.3 Å². The quantitative estimate of drug-likeness (QED) is 0.241. The summed E-state index contributed by atoms with van der Waals surface area (Å²) in [5, 5.41) is 7.43. The molecule has 0 saturated heterocycles. The molecule has 0 fully saturated rings. The molecule has 2 aromatic rings. The van der Waals surface area contributed by atoms with Crippen molar-refractivity contribution in [3.05, 3.63) is 69.7 Å². The summed E-state index contributed by atoms with van der Waals surface area (Å²) in [6.45, 7) is 13.7. The molecule has 1 aromatic heterocycles. The van der Waals surface area contributed by atoms with Gasteiger partial charge in [-0.15, -0.1) is 11.3 Å². The van der Waals surface area contributed by atoms with Gasteiger partial charge >= 0.3 is 0 Å². The minimum atomic E-state index is 0.0964. The molecule has 4 N–H and O–H groups in total. The summed E-state index contributed by atoms with van der Waals surface area (Å²) in [5.74, 6) is 1.35. The maximum absolute atomic E-state index is 12.5. The molecular weight excluding hydrogens is 546 g/mol. The molecule has 0 spiro atoms. The number of fused-ring (bicyclic) bond motifs is 1. The van der Waals surface area contributed by atoms with Crippen LogP contribution in [-0.4, -0.2) is 68.8 Å². The number of hydrogen-bond acceptors (Lipinski definition) is 7. The lowest BCUT2D eigenvalue weighted by Crippen LogP contribution is -2.42. The fourth-order valence-electron chi connectivity index (χ4n) is 4.04. The summed E-state index contributed by atoms with van der Waals surface area (Å²) in [6, 6.07) is 10.4. The highest BCUT2D eigenvalue weighted by atomic mass is 32.1. The molecule has 2 atom stereocenters. The lowest BCUT2D eigenvalue weighted by molar-refractivity contribution is -0.121. The van der Waals surface area contributed by atoms with E-state index in [0.717, 1.165) is 36.4 Å². The molecule has 0 saturated carbocycles. The topological polar surface area (TPSA) is 117 Å². The molecule has 0 aliphatic heterocycles. The third-order valence-electron chi connectivity index (χ3n) is 5.94. The number of carbonyl (C=O) groups is 3. The lowest BCUT2D eigenvalue weighted by Gasteiger charge is -2.19. The van der Waals surface area contributed by atoms with Crippen molar-refractivity contribution >= 4 is 36.0 Å². The summed E-state index contributed by atoms with van der Waals surface area (Å²) in [5.41, 5.74) is 7.13. The van der Waals surface area contributed by atoms with Crippen LogP contribution < -0.4 is 16.4 Å². The highest BCUT2D eigenvalue weighted by Gasteiger charge is 2.21. The van der Waals surface area contributed by atoms with Gasteiger partial charge in [-0.3, -0.25) is 14.4 Å². The second-order valence-electron chi connectivity index (χ2n) is 10.8. The second kappa shape index (κ2) is 23.4. The number of thiazole rings is 1. The van der Waals surface area contributed by atoms with Crippen LogP contribution in [-0.2, 0) is 33.6 Å². The van der Waals surface area contributed by atoms with E-state index < -0.39 is 0 Å². The molecule has 3 rings (SSSR count). The van der Waals surface area contributed by atoms with E-state index >= 15 is 0 Å². The first-order chi connectivity index (χ1) is 20.0. The fourth-order valence-corrected chi connectivity index (χ4v) is 5.16. The van der Waals surface area contributed by atoms with Gasteiger partial charge in [0.05, 0.1) is 10.7 Å². The Labute approximate surface area is 257 Å². The zero-order valence-electron chi connectivity index (χ0n) is 26.7. The van der Waals surface area contributed by atoms with Gasteiger partial charge in [0.2, 0.25) is 12.3 Å². The van der Waals surface area contributed by atoms with Crippen molar-refractivity contribution in [2.24, 2.45) is 17.6 Å². The average Bonchev–Trinajstić information content (AvgIpc) is 3.36. The van der Waals surface area contributed by atoms with E-state index in [1.54, 1.807) is 11.3 Å². The number of benzene rings is 1. The number of aromatic nitrogens is 1. The summed E-state index contributed by atoms with van der Waals surface area (Å²) < 4.78 is 0. The molecule has 1 aliphatic carbocycles. The van der Waals surface area contributed by atoms with Crippen molar-refractivity contribution in [3.8, 4) is 0 Å². The number of aldehydes is 1. The zero-order valence-corrected chi connectivity index (χ0v) is 27.5. The smallest absolute Gasteiger partial charge is 0.220 e. The standard InChI is InChI=1S/C23H31N3OS.C6H11NO.C3H8.CH3NO/c1-16(2)18-9-10-20-21(14-18)28-23(26-20)12-11-22(27)25-19(15-24-3)13-17-7-5-4-6-8-17;1-6(5-8)4-7(2)3;1-3-2;2-1-3/h4-10,16,18-19,24H,11-15H2,1-3H3,(H,25,27);5H,1,4H2,2-3H3;3H2,1-2H3;1H,(H2,2,3). The van der Waals surface area contributed by atoms with Gasteiger partial charge in [0.15, 0.2) is 0 Å². The van der Waals surface area contributed by atoms with Crippen LogP contribution in [0.25, 0.3) is 6.08 Å². The van der Waals surface area contributed by atoms with Crippen LogP contribution in [0.15, 0.2) is 48.6 Å². The van der Waals surface area contributed by atoms with Gasteiger partial charge in [0.25, 0.3) is 0 Å². The fraction of sp³-hybridized carbons (Fsp3) is 0.515. The summed E-state index contributed by atoms with van der Waals surface area (Å²) in [7, 11) is 5.71. The maximum atomic E-state index is 12.5. The van der Waals surface area contributed by atoms with Crippen LogP contribution in [0.2, 0.25) is 0 Å². The number of primary amides is 1. The Morgan fingerprint density at radius 1 is 1.21 bits per heavy atom. The number of carbonyl (C=O) groups excluding carboxylic acids is 3. The highest BCUT2D eigenvalue weighted by molar-refractivity contribution is 7.11. The first-order valence-corrected chi connectivity index (χ1v) is 15.4. The van der Waals surface area contributed by atoms with Gasteiger partial charge in [0, 0.05) is 36.9 Å². The van der Waals surface area contributed by atoms with Gasteiger partial charge < -0.3 is 21.3 Å². The van der Waals surface area contributed by atoms with Crippen LogP contribution in [0, 0.1) is 11.8 Å². The van der Waals surface area contributed by atoms with Gasteiger partial charge in [0.1, 0.15) is 6.29 Å². The van der Waals surface area contributed by atoms with E-state index in [2.05, 4.69) is 74.9 Å². The molecule has 2 unspecified atom stereocenters. The van der Waals surface area contributed by atoms with Crippen molar-refractivity contribution in [1.82, 2.24) is 20.5 Å². The van der Waals surface area contributed by atoms with E-state index in [9.17, 15) is 9.59 Å². The molecule has 9 heteroatoms. The Morgan fingerprint density at radius 3 is 2.33 bits per heavy atom. The maximum Gasteiger partial charge on any atom is 0.220 e. The van der Waals surface area contributed by atoms with E-state index in [0.29, 0.717) is 36.8 Å². The predicted molar refractivity (Wildman–Crippen MR) is 177 cm³/mol. The van der Waals surface area contributed by atoms with E-state index in [4.69, 9.17) is 9.78 Å². The summed E-state index contributed by atoms with van der Waals surface area (Å²) >= 11 is 1.78. The second-order valence-corrected chi connectivity index (χ2v) is 11.9. The van der Waals surface area contributed by atoms with E-state index in [1.165, 1.54) is 16.9 Å². The number of allylic oxidation sites excluding steroid dienone is 1. The Bertz CT molecular complexity index is 1070. The van der Waals surface area contributed by atoms with Gasteiger partial charge in [-0.2, -0.15) is 0 Å². The van der Waals surface area contributed by atoms with E-state index in [1.807, 2.05) is 44.2 Å². The van der Waals surface area contributed by atoms with Gasteiger partial charge in [-0.05, 0) is 63.0 Å². The van der Waals surface area contributed by atoms with Crippen LogP contribution in [0.4, 0.5) is 0 Å². The molecule has 0 radical (unpaired) electrons. The third kappa shape index (κ3) is 17.6. The van der Waals surface area contributed by atoms with Crippen LogP contribution in [0.1, 0.15) is 61.7 Å². The molecule has 1 heterocycles. The Morgan fingerprint density at radius 2 is 1.83 bits per heavy atom. The Balaban J connectivity index is 0.00000101. The number of hydrogen-bond donors (Lipinski definition) is 3. The molecular formula is C33H53N5O3S. The Kier molecular flexibility index (Phi) is 21.7. The van der Waals surface area contributed by atoms with Gasteiger partial charge in [-0.1, -0.05) is 77.1 Å². The molecule has 8 nitrogen and oxygen atoms in total. The average molecular weight is 600 g/mol. The number of nitrogens with zero attached hydrogens (tertiary/aromatic N) is 2. The number of nitrogens with two attached hydrogens (primary N) is 1. The number of aryl methyl sites for hydroxylation is 1. The molecule has 1 aromatic carbocycles. The highest BCUT2D eigenvalue weighted by Crippen LogP contribution is 2.31. The lowest BCUT2D eigenvalue weighted by atomic mass is 9.88. The largest absolute Gasteiger partial charge is 0.372 e. The zero-order chi connectivity index (χ0) is 31.9. The molecule has 2 amide bonds. The van der Waals surface area contributed by atoms with E-state index in [-0.39, 0.29) is 18.4 Å². The molecule has 234 valence electrons. The van der Waals surface area contributed by atoms with Crippen molar-refractivity contribution < 1.29 is 14.4 Å². The van der Waals surface area contributed by atoms with Crippen molar-refractivity contribution in [1.29, 1.82) is 0 Å². The minimum Gasteiger partial charge on any atom is -0.372 e. The number of rotatable bonds is 12. The normalized spacial score (nSPS) is 13.7. The first kappa shape index (κ1) is 38.9. The molecule has 42 heavy (non-hydrogen) atoms. The number of likely N-dealkylation sites (N-methyl/N-ethyl adjacent to an activating group) is 2. The number of amides is 2. The summed E-state index contributed by atoms with van der Waals surface area (Å²) in [4.78, 5) is 39.0. The monoisotopic (exact) mass is 599 g/mol. The minimum absolute atomic E-state index is 0.0964. The Hall–Kier alpha value is -3.14. The van der Waals surface area contributed by atoms with Gasteiger partial charge in [-0.25, -0.2) is 4.98 Å². The SMILES string of the molecule is C=C(C=O)CN(C)C.CCC.CNCC(Cc1ccccc1)NC(=O)CCc1nc2c(s1)CC(C(C)C)C=C2.NC=O.